The average Bonchev–Trinajstić information content (AvgIpc) is 2.41. The summed E-state index contributed by atoms with van der Waals surface area (Å²) in [7, 11) is 0. The second-order valence-electron chi connectivity index (χ2n) is 4.41. The molecular weight excluding hydrogens is 243 g/mol. The van der Waals surface area contributed by atoms with Gasteiger partial charge in [0.25, 0.3) is 0 Å². The van der Waals surface area contributed by atoms with Crippen LogP contribution in [-0.2, 0) is 0 Å². The van der Waals surface area contributed by atoms with Gasteiger partial charge in [-0.1, -0.05) is 6.92 Å². The molecule has 0 saturated heterocycles. The molecule has 0 aliphatic carbocycles. The standard InChI is InChI=1S/C14H17FN4/c1-3-4-17-14(11-5-12(15)8-16-7-11)13-9-18-10(2)6-19-13/h5-9,14,17H,3-4H2,1-2H3. The Morgan fingerprint density at radius 2 is 2.05 bits per heavy atom. The molecule has 2 heterocycles. The Labute approximate surface area is 112 Å². The number of nitrogens with one attached hydrogen (secondary N) is 1. The van der Waals surface area contributed by atoms with Gasteiger partial charge in [0.1, 0.15) is 5.82 Å². The quantitative estimate of drug-likeness (QED) is 0.897. The van der Waals surface area contributed by atoms with Crippen molar-refractivity contribution < 1.29 is 4.39 Å². The Bertz CT molecular complexity index is 527. The minimum atomic E-state index is -0.346. The van der Waals surface area contributed by atoms with Crippen LogP contribution in [0.2, 0.25) is 0 Å². The first kappa shape index (κ1) is 13.5. The normalized spacial score (nSPS) is 12.4. The molecule has 0 radical (unpaired) electrons. The fourth-order valence-corrected chi connectivity index (χ4v) is 1.82. The number of aromatic nitrogens is 3. The Morgan fingerprint density at radius 1 is 1.21 bits per heavy atom. The van der Waals surface area contributed by atoms with Crippen LogP contribution in [0.15, 0.2) is 30.9 Å². The molecule has 0 saturated carbocycles. The predicted octanol–water partition coefficient (Wildman–Crippen LogP) is 2.41. The zero-order valence-corrected chi connectivity index (χ0v) is 11.1. The molecule has 0 spiro atoms. The number of aryl methyl sites for hydroxylation is 1. The molecule has 4 nitrogen and oxygen atoms in total. The van der Waals surface area contributed by atoms with Gasteiger partial charge in [-0.25, -0.2) is 4.39 Å². The van der Waals surface area contributed by atoms with Crippen molar-refractivity contribution in [3.05, 3.63) is 53.6 Å². The van der Waals surface area contributed by atoms with E-state index in [4.69, 9.17) is 0 Å². The minimum Gasteiger partial charge on any atom is -0.305 e. The highest BCUT2D eigenvalue weighted by Crippen LogP contribution is 2.19. The van der Waals surface area contributed by atoms with Crippen molar-refractivity contribution in [2.45, 2.75) is 26.3 Å². The maximum absolute atomic E-state index is 13.3. The molecule has 19 heavy (non-hydrogen) atoms. The van der Waals surface area contributed by atoms with Gasteiger partial charge in [0.2, 0.25) is 0 Å². The molecule has 1 unspecified atom stereocenters. The van der Waals surface area contributed by atoms with Gasteiger partial charge in [0, 0.05) is 12.4 Å². The van der Waals surface area contributed by atoms with E-state index < -0.39 is 0 Å². The van der Waals surface area contributed by atoms with E-state index in [2.05, 4.69) is 27.2 Å². The fraction of sp³-hybridized carbons (Fsp3) is 0.357. The van der Waals surface area contributed by atoms with E-state index in [0.717, 1.165) is 29.9 Å². The van der Waals surface area contributed by atoms with Gasteiger partial charge in [-0.2, -0.15) is 0 Å². The van der Waals surface area contributed by atoms with Gasteiger partial charge < -0.3 is 5.32 Å². The summed E-state index contributed by atoms with van der Waals surface area (Å²) >= 11 is 0. The molecule has 0 aliphatic rings. The molecule has 0 bridgehead atoms. The molecule has 2 aromatic rings. The second-order valence-corrected chi connectivity index (χ2v) is 4.41. The van der Waals surface area contributed by atoms with Crippen molar-refractivity contribution >= 4 is 0 Å². The van der Waals surface area contributed by atoms with Crippen molar-refractivity contribution in [2.24, 2.45) is 0 Å². The highest BCUT2D eigenvalue weighted by molar-refractivity contribution is 5.24. The molecule has 0 aliphatic heterocycles. The highest BCUT2D eigenvalue weighted by atomic mass is 19.1. The van der Waals surface area contributed by atoms with Gasteiger partial charge in [0.05, 0.1) is 29.8 Å². The van der Waals surface area contributed by atoms with Crippen molar-refractivity contribution in [1.82, 2.24) is 20.3 Å². The van der Waals surface area contributed by atoms with Crippen LogP contribution >= 0.6 is 0 Å². The third-order valence-corrected chi connectivity index (χ3v) is 2.75. The molecule has 0 fully saturated rings. The van der Waals surface area contributed by atoms with E-state index in [1.54, 1.807) is 18.6 Å². The summed E-state index contributed by atoms with van der Waals surface area (Å²) < 4.78 is 13.3. The summed E-state index contributed by atoms with van der Waals surface area (Å²) in [5, 5.41) is 3.34. The van der Waals surface area contributed by atoms with Crippen molar-refractivity contribution in [1.29, 1.82) is 0 Å². The minimum absolute atomic E-state index is 0.184. The largest absolute Gasteiger partial charge is 0.305 e. The van der Waals surface area contributed by atoms with Crippen LogP contribution in [0.4, 0.5) is 4.39 Å². The first-order valence-corrected chi connectivity index (χ1v) is 6.33. The number of hydrogen-bond donors (Lipinski definition) is 1. The lowest BCUT2D eigenvalue weighted by Crippen LogP contribution is -2.24. The van der Waals surface area contributed by atoms with Gasteiger partial charge in [-0.3, -0.25) is 15.0 Å². The summed E-state index contributed by atoms with van der Waals surface area (Å²) in [6.45, 7) is 4.78. The van der Waals surface area contributed by atoms with Gasteiger partial charge in [-0.15, -0.1) is 0 Å². The Morgan fingerprint density at radius 3 is 2.68 bits per heavy atom. The fourth-order valence-electron chi connectivity index (χ4n) is 1.82. The van der Waals surface area contributed by atoms with E-state index in [9.17, 15) is 4.39 Å². The number of halogens is 1. The maximum Gasteiger partial charge on any atom is 0.141 e. The van der Waals surface area contributed by atoms with Crippen molar-refractivity contribution in [3.8, 4) is 0 Å². The number of pyridine rings is 1. The lowest BCUT2D eigenvalue weighted by atomic mass is 10.1. The van der Waals surface area contributed by atoms with E-state index in [-0.39, 0.29) is 11.9 Å². The van der Waals surface area contributed by atoms with E-state index >= 15 is 0 Å². The molecule has 2 rings (SSSR count). The van der Waals surface area contributed by atoms with Crippen molar-refractivity contribution in [2.75, 3.05) is 6.54 Å². The lowest BCUT2D eigenvalue weighted by Gasteiger charge is -2.18. The van der Waals surface area contributed by atoms with Crippen LogP contribution in [0.5, 0.6) is 0 Å². The van der Waals surface area contributed by atoms with Gasteiger partial charge in [0.15, 0.2) is 0 Å². The second kappa shape index (κ2) is 6.33. The SMILES string of the molecule is CCCNC(c1cncc(F)c1)c1cnc(C)cn1. The Kier molecular flexibility index (Phi) is 4.52. The Balaban J connectivity index is 2.32. The van der Waals surface area contributed by atoms with Gasteiger partial charge in [-0.05, 0) is 31.5 Å². The zero-order valence-electron chi connectivity index (χ0n) is 11.1. The van der Waals surface area contributed by atoms with Crippen LogP contribution in [0.1, 0.15) is 36.3 Å². The molecule has 2 aromatic heterocycles. The smallest absolute Gasteiger partial charge is 0.141 e. The highest BCUT2D eigenvalue weighted by Gasteiger charge is 2.16. The monoisotopic (exact) mass is 260 g/mol. The van der Waals surface area contributed by atoms with Crippen LogP contribution in [0.25, 0.3) is 0 Å². The topological polar surface area (TPSA) is 50.7 Å². The number of nitrogens with zero attached hydrogens (tertiary/aromatic N) is 3. The Hall–Kier alpha value is -1.88. The molecule has 1 atom stereocenters. The average molecular weight is 260 g/mol. The molecule has 0 aromatic carbocycles. The molecule has 1 N–H and O–H groups in total. The lowest BCUT2D eigenvalue weighted by molar-refractivity contribution is 0.569. The first-order valence-electron chi connectivity index (χ1n) is 6.33. The third kappa shape index (κ3) is 3.54. The van der Waals surface area contributed by atoms with Crippen LogP contribution in [-0.4, -0.2) is 21.5 Å². The van der Waals surface area contributed by atoms with Crippen LogP contribution in [0, 0.1) is 12.7 Å². The first-order chi connectivity index (χ1) is 9.20. The molecular formula is C14H17FN4. The third-order valence-electron chi connectivity index (χ3n) is 2.75. The predicted molar refractivity (Wildman–Crippen MR) is 71.1 cm³/mol. The number of hydrogen-bond acceptors (Lipinski definition) is 4. The van der Waals surface area contributed by atoms with E-state index in [0.29, 0.717) is 0 Å². The zero-order chi connectivity index (χ0) is 13.7. The summed E-state index contributed by atoms with van der Waals surface area (Å²) in [5.74, 6) is -0.346. The van der Waals surface area contributed by atoms with Crippen molar-refractivity contribution in [3.63, 3.8) is 0 Å². The summed E-state index contributed by atoms with van der Waals surface area (Å²) in [4.78, 5) is 12.5. The van der Waals surface area contributed by atoms with E-state index in [1.807, 2.05) is 6.92 Å². The number of rotatable bonds is 5. The molecule has 0 amide bonds. The van der Waals surface area contributed by atoms with Crippen LogP contribution in [0.3, 0.4) is 0 Å². The summed E-state index contributed by atoms with van der Waals surface area (Å²) in [6, 6.07) is 1.29. The molecule has 100 valence electrons. The molecule has 5 heteroatoms. The maximum atomic E-state index is 13.3. The summed E-state index contributed by atoms with van der Waals surface area (Å²) in [6.07, 6.45) is 7.26. The summed E-state index contributed by atoms with van der Waals surface area (Å²) in [5.41, 5.74) is 2.38. The van der Waals surface area contributed by atoms with Gasteiger partial charge >= 0.3 is 0 Å². The van der Waals surface area contributed by atoms with Crippen LogP contribution < -0.4 is 5.32 Å². The van der Waals surface area contributed by atoms with E-state index in [1.165, 1.54) is 12.3 Å².